The minimum atomic E-state index is -0.248. The minimum absolute atomic E-state index is 0.0402. The molecule has 0 spiro atoms. The van der Waals surface area contributed by atoms with E-state index in [0.29, 0.717) is 43.6 Å². The highest BCUT2D eigenvalue weighted by Gasteiger charge is 2.21. The molecule has 0 radical (unpaired) electrons. The van der Waals surface area contributed by atoms with Crippen LogP contribution >= 0.6 is 34.5 Å². The number of carbonyl (C=O) groups excluding carboxylic acids is 1. The van der Waals surface area contributed by atoms with Crippen LogP contribution < -0.4 is 10.9 Å². The fourth-order valence-electron chi connectivity index (χ4n) is 3.64. The predicted octanol–water partition coefficient (Wildman–Crippen LogP) is 5.24. The zero-order valence-corrected chi connectivity index (χ0v) is 21.8. The van der Waals surface area contributed by atoms with Crippen LogP contribution in [0.1, 0.15) is 37.9 Å². The standard InChI is InChI=1S/C24H25Cl2N5O2S/c1-12(2)14(4)27-21(32)10-17-11-34-24-28-15(5)22(23(33)30(17)24)20-8-13(3)31(29-20)16-6-7-18(25)19(26)9-16/h6-9,11-12,14H,10H2,1-5H3,(H,27,32)/t14-/m0/s1. The molecule has 1 aromatic carbocycles. The Labute approximate surface area is 211 Å². The zero-order valence-electron chi connectivity index (χ0n) is 19.5. The maximum absolute atomic E-state index is 13.6. The highest BCUT2D eigenvalue weighted by atomic mass is 35.5. The fourth-order valence-corrected chi connectivity index (χ4v) is 4.85. The lowest BCUT2D eigenvalue weighted by Crippen LogP contribution is -2.37. The van der Waals surface area contributed by atoms with Gasteiger partial charge in [-0.2, -0.15) is 5.10 Å². The molecule has 0 saturated heterocycles. The molecular weight excluding hydrogens is 493 g/mol. The molecule has 0 aliphatic rings. The number of hydrogen-bond donors (Lipinski definition) is 1. The summed E-state index contributed by atoms with van der Waals surface area (Å²) in [7, 11) is 0. The van der Waals surface area contributed by atoms with Crippen molar-refractivity contribution >= 4 is 45.4 Å². The summed E-state index contributed by atoms with van der Waals surface area (Å²) in [4.78, 5) is 31.4. The van der Waals surface area contributed by atoms with Crippen molar-refractivity contribution in [2.75, 3.05) is 0 Å². The number of carbonyl (C=O) groups is 1. The van der Waals surface area contributed by atoms with Crippen LogP contribution in [0.15, 0.2) is 34.4 Å². The molecule has 0 aliphatic carbocycles. The van der Waals surface area contributed by atoms with E-state index in [0.717, 1.165) is 11.4 Å². The third-order valence-electron chi connectivity index (χ3n) is 5.84. The van der Waals surface area contributed by atoms with Crippen LogP contribution in [-0.4, -0.2) is 31.1 Å². The van der Waals surface area contributed by atoms with Gasteiger partial charge in [0.05, 0.1) is 33.4 Å². The Kier molecular flexibility index (Phi) is 6.85. The zero-order chi connectivity index (χ0) is 24.7. The normalized spacial score (nSPS) is 12.5. The summed E-state index contributed by atoms with van der Waals surface area (Å²) in [5, 5.41) is 10.3. The third-order valence-corrected chi connectivity index (χ3v) is 7.46. The van der Waals surface area contributed by atoms with E-state index in [4.69, 9.17) is 23.2 Å². The number of hydrogen-bond acceptors (Lipinski definition) is 5. The van der Waals surface area contributed by atoms with Crippen molar-refractivity contribution < 1.29 is 4.79 Å². The van der Waals surface area contributed by atoms with Crippen LogP contribution in [0.4, 0.5) is 0 Å². The van der Waals surface area contributed by atoms with Crippen molar-refractivity contribution in [1.82, 2.24) is 24.5 Å². The van der Waals surface area contributed by atoms with Gasteiger partial charge in [0.25, 0.3) is 5.56 Å². The van der Waals surface area contributed by atoms with Crippen molar-refractivity contribution in [2.24, 2.45) is 5.92 Å². The molecule has 1 N–H and O–H groups in total. The van der Waals surface area contributed by atoms with Gasteiger partial charge in [-0.3, -0.25) is 14.0 Å². The van der Waals surface area contributed by atoms with E-state index in [2.05, 4.69) is 15.4 Å². The van der Waals surface area contributed by atoms with E-state index in [1.807, 2.05) is 45.2 Å². The van der Waals surface area contributed by atoms with E-state index in [1.165, 1.54) is 15.7 Å². The molecule has 0 saturated carbocycles. The molecule has 7 nitrogen and oxygen atoms in total. The lowest BCUT2D eigenvalue weighted by atomic mass is 10.1. The SMILES string of the molecule is Cc1nc2scc(CC(=O)N[C@@H](C)C(C)C)n2c(=O)c1-c1cc(C)n(-c2ccc(Cl)c(Cl)c2)n1. The van der Waals surface area contributed by atoms with Crippen molar-refractivity contribution in [3.8, 4) is 16.9 Å². The van der Waals surface area contributed by atoms with Crippen molar-refractivity contribution in [3.05, 3.63) is 67.1 Å². The van der Waals surface area contributed by atoms with Crippen LogP contribution in [-0.2, 0) is 11.2 Å². The minimum Gasteiger partial charge on any atom is -0.353 e. The fraction of sp³-hybridized carbons (Fsp3) is 0.333. The van der Waals surface area contributed by atoms with E-state index in [-0.39, 0.29) is 23.9 Å². The number of benzene rings is 1. The van der Waals surface area contributed by atoms with Gasteiger partial charge in [0.1, 0.15) is 5.69 Å². The number of rotatable bonds is 6. The van der Waals surface area contributed by atoms with Gasteiger partial charge in [-0.15, -0.1) is 11.3 Å². The first-order chi connectivity index (χ1) is 16.1. The molecule has 0 aliphatic heterocycles. The van der Waals surface area contributed by atoms with Crippen molar-refractivity contribution in [3.63, 3.8) is 0 Å². The lowest BCUT2D eigenvalue weighted by Gasteiger charge is -2.17. The van der Waals surface area contributed by atoms with Crippen LogP contribution in [0.2, 0.25) is 10.0 Å². The van der Waals surface area contributed by atoms with E-state index >= 15 is 0 Å². The average molecular weight is 518 g/mol. The number of aryl methyl sites for hydroxylation is 2. The van der Waals surface area contributed by atoms with E-state index < -0.39 is 0 Å². The van der Waals surface area contributed by atoms with Gasteiger partial charge in [0.15, 0.2) is 4.96 Å². The number of fused-ring (bicyclic) bond motifs is 1. The smallest absolute Gasteiger partial charge is 0.268 e. The highest BCUT2D eigenvalue weighted by Crippen LogP contribution is 2.27. The topological polar surface area (TPSA) is 81.3 Å². The first-order valence-electron chi connectivity index (χ1n) is 10.9. The molecule has 34 heavy (non-hydrogen) atoms. The Morgan fingerprint density at radius 2 is 1.88 bits per heavy atom. The summed E-state index contributed by atoms with van der Waals surface area (Å²) in [5.41, 5.74) is 3.39. The Bertz CT molecular complexity index is 1450. The summed E-state index contributed by atoms with van der Waals surface area (Å²) < 4.78 is 3.22. The second-order valence-electron chi connectivity index (χ2n) is 8.68. The summed E-state index contributed by atoms with van der Waals surface area (Å²) in [6, 6.07) is 7.12. The summed E-state index contributed by atoms with van der Waals surface area (Å²) in [5.74, 6) is 0.186. The molecule has 1 atom stereocenters. The molecule has 4 aromatic rings. The molecule has 0 bridgehead atoms. The molecule has 4 rings (SSSR count). The van der Waals surface area contributed by atoms with Gasteiger partial charge in [-0.1, -0.05) is 37.0 Å². The average Bonchev–Trinajstić information content (AvgIpc) is 3.33. The number of aromatic nitrogens is 4. The first kappa shape index (κ1) is 24.4. The van der Waals surface area contributed by atoms with Crippen molar-refractivity contribution in [1.29, 1.82) is 0 Å². The van der Waals surface area contributed by atoms with Gasteiger partial charge in [-0.05, 0) is 51.0 Å². The molecule has 3 aromatic heterocycles. The molecule has 178 valence electrons. The Balaban J connectivity index is 1.76. The molecule has 1 amide bonds. The third kappa shape index (κ3) is 4.62. The van der Waals surface area contributed by atoms with Gasteiger partial charge >= 0.3 is 0 Å². The number of nitrogens with zero attached hydrogens (tertiary/aromatic N) is 4. The number of amides is 1. The molecule has 10 heteroatoms. The highest BCUT2D eigenvalue weighted by molar-refractivity contribution is 7.15. The van der Waals surface area contributed by atoms with Gasteiger partial charge < -0.3 is 5.32 Å². The number of thiazole rings is 1. The molecule has 0 fully saturated rings. The van der Waals surface area contributed by atoms with Crippen LogP contribution in [0.5, 0.6) is 0 Å². The lowest BCUT2D eigenvalue weighted by molar-refractivity contribution is -0.121. The first-order valence-corrected chi connectivity index (χ1v) is 12.5. The Morgan fingerprint density at radius 1 is 1.15 bits per heavy atom. The summed E-state index contributed by atoms with van der Waals surface area (Å²) in [6.45, 7) is 9.76. The number of nitrogens with one attached hydrogen (secondary N) is 1. The molecule has 3 heterocycles. The maximum atomic E-state index is 13.6. The summed E-state index contributed by atoms with van der Waals surface area (Å²) in [6.07, 6.45) is 0.0951. The Morgan fingerprint density at radius 3 is 2.56 bits per heavy atom. The monoisotopic (exact) mass is 517 g/mol. The van der Waals surface area contributed by atoms with Crippen molar-refractivity contribution in [2.45, 2.75) is 47.1 Å². The second kappa shape index (κ2) is 9.52. The summed E-state index contributed by atoms with van der Waals surface area (Å²) >= 11 is 13.6. The maximum Gasteiger partial charge on any atom is 0.268 e. The van der Waals surface area contributed by atoms with E-state index in [9.17, 15) is 9.59 Å². The molecule has 0 unspecified atom stereocenters. The molecular formula is C24H25Cl2N5O2S. The largest absolute Gasteiger partial charge is 0.353 e. The number of halogens is 2. The van der Waals surface area contributed by atoms with Crippen LogP contribution in [0.3, 0.4) is 0 Å². The van der Waals surface area contributed by atoms with Gasteiger partial charge in [0.2, 0.25) is 5.91 Å². The van der Waals surface area contributed by atoms with Crippen LogP contribution in [0, 0.1) is 19.8 Å². The Hall–Kier alpha value is -2.68. The van der Waals surface area contributed by atoms with Crippen LogP contribution in [0.25, 0.3) is 21.9 Å². The van der Waals surface area contributed by atoms with Gasteiger partial charge in [0, 0.05) is 22.8 Å². The van der Waals surface area contributed by atoms with E-state index in [1.54, 1.807) is 23.7 Å². The van der Waals surface area contributed by atoms with Gasteiger partial charge in [-0.25, -0.2) is 9.67 Å². The quantitative estimate of drug-likeness (QED) is 0.379. The predicted molar refractivity (Wildman–Crippen MR) is 138 cm³/mol. The second-order valence-corrected chi connectivity index (χ2v) is 10.3.